The molecule has 7 heteroatoms. The van der Waals surface area contributed by atoms with Gasteiger partial charge < -0.3 is 10.2 Å². The van der Waals surface area contributed by atoms with Gasteiger partial charge in [0.05, 0.1) is 0 Å². The molecule has 28 heavy (non-hydrogen) atoms. The van der Waals surface area contributed by atoms with Gasteiger partial charge in [-0.15, -0.1) is 0 Å². The highest BCUT2D eigenvalue weighted by atomic mass is 16.2. The molecular formula is C21H21N5O2. The highest BCUT2D eigenvalue weighted by molar-refractivity contribution is 5.98. The van der Waals surface area contributed by atoms with Gasteiger partial charge in [-0.1, -0.05) is 0 Å². The first-order valence-corrected chi connectivity index (χ1v) is 8.91. The van der Waals surface area contributed by atoms with Crippen molar-refractivity contribution >= 4 is 11.8 Å². The molecule has 0 saturated carbocycles. The van der Waals surface area contributed by atoms with E-state index in [1.165, 1.54) is 12.3 Å². The molecule has 7 nitrogen and oxygen atoms in total. The third-order valence-corrected chi connectivity index (χ3v) is 4.28. The van der Waals surface area contributed by atoms with Gasteiger partial charge in [0.25, 0.3) is 11.8 Å². The minimum Gasteiger partial charge on any atom is -0.348 e. The van der Waals surface area contributed by atoms with E-state index in [4.69, 9.17) is 0 Å². The number of aromatic nitrogens is 3. The van der Waals surface area contributed by atoms with E-state index < -0.39 is 0 Å². The summed E-state index contributed by atoms with van der Waals surface area (Å²) < 4.78 is 0. The quantitative estimate of drug-likeness (QED) is 0.683. The summed E-state index contributed by atoms with van der Waals surface area (Å²) in [6.45, 7) is 0.932. The third kappa shape index (κ3) is 5.20. The fraction of sp³-hybridized carbons (Fsp3) is 0.190. The van der Waals surface area contributed by atoms with E-state index in [2.05, 4.69) is 20.3 Å². The summed E-state index contributed by atoms with van der Waals surface area (Å²) in [4.78, 5) is 38.7. The largest absolute Gasteiger partial charge is 0.348 e. The first-order valence-electron chi connectivity index (χ1n) is 8.91. The Morgan fingerprint density at radius 1 is 0.929 bits per heavy atom. The summed E-state index contributed by atoms with van der Waals surface area (Å²) in [7, 11) is 1.72. The van der Waals surface area contributed by atoms with Crippen molar-refractivity contribution in [1.29, 1.82) is 0 Å². The molecule has 0 spiro atoms. The molecule has 142 valence electrons. The van der Waals surface area contributed by atoms with Crippen molar-refractivity contribution in [2.45, 2.75) is 13.0 Å². The zero-order chi connectivity index (χ0) is 19.8. The van der Waals surface area contributed by atoms with E-state index in [1.807, 2.05) is 24.3 Å². The number of hydrogen-bond donors (Lipinski definition) is 1. The number of likely N-dealkylation sites (N-methyl/N-ethyl adjacent to an activating group) is 1. The van der Waals surface area contributed by atoms with Crippen LogP contribution in [0.3, 0.4) is 0 Å². The van der Waals surface area contributed by atoms with Gasteiger partial charge in [0.1, 0.15) is 5.69 Å². The molecule has 0 aliphatic heterocycles. The van der Waals surface area contributed by atoms with E-state index in [0.717, 1.165) is 17.5 Å². The van der Waals surface area contributed by atoms with Gasteiger partial charge in [-0.25, -0.2) is 0 Å². The molecule has 0 aliphatic carbocycles. The van der Waals surface area contributed by atoms with Crippen LogP contribution in [0.25, 0.3) is 0 Å². The van der Waals surface area contributed by atoms with Crippen molar-refractivity contribution in [1.82, 2.24) is 25.2 Å². The Morgan fingerprint density at radius 3 is 2.25 bits per heavy atom. The highest BCUT2D eigenvalue weighted by Gasteiger charge is 2.15. The molecule has 0 fully saturated rings. The van der Waals surface area contributed by atoms with Gasteiger partial charge in [0.2, 0.25) is 0 Å². The number of pyridine rings is 3. The maximum atomic E-state index is 12.6. The zero-order valence-corrected chi connectivity index (χ0v) is 15.6. The predicted octanol–water partition coefficient (Wildman–Crippen LogP) is 2.12. The lowest BCUT2D eigenvalue weighted by Crippen LogP contribution is -2.30. The normalized spacial score (nSPS) is 10.3. The van der Waals surface area contributed by atoms with Crippen LogP contribution >= 0.6 is 0 Å². The van der Waals surface area contributed by atoms with Crippen molar-refractivity contribution in [3.8, 4) is 0 Å². The summed E-state index contributed by atoms with van der Waals surface area (Å²) in [5.41, 5.74) is 2.69. The predicted molar refractivity (Wildman–Crippen MR) is 105 cm³/mol. The van der Waals surface area contributed by atoms with Crippen LogP contribution in [0.2, 0.25) is 0 Å². The Hall–Kier alpha value is -3.61. The fourth-order valence-electron chi connectivity index (χ4n) is 2.62. The maximum absolute atomic E-state index is 12.6. The van der Waals surface area contributed by atoms with Crippen molar-refractivity contribution in [3.63, 3.8) is 0 Å². The minimum absolute atomic E-state index is 0.224. The topological polar surface area (TPSA) is 88.1 Å². The van der Waals surface area contributed by atoms with E-state index in [9.17, 15) is 9.59 Å². The van der Waals surface area contributed by atoms with Gasteiger partial charge in [-0.2, -0.15) is 0 Å². The van der Waals surface area contributed by atoms with Crippen LogP contribution in [0.15, 0.2) is 67.4 Å². The Kier molecular flexibility index (Phi) is 6.41. The average molecular weight is 375 g/mol. The number of carbonyl (C=O) groups excluding carboxylic acids is 2. The van der Waals surface area contributed by atoms with E-state index in [-0.39, 0.29) is 17.5 Å². The molecular weight excluding hydrogens is 354 g/mol. The molecule has 0 unspecified atom stereocenters. The molecule has 3 aromatic heterocycles. The maximum Gasteiger partial charge on any atom is 0.272 e. The first kappa shape index (κ1) is 19.2. The summed E-state index contributed by atoms with van der Waals surface area (Å²) in [6.07, 6.45) is 9.00. The Balaban J connectivity index is 1.59. The smallest absolute Gasteiger partial charge is 0.272 e. The molecule has 1 N–H and O–H groups in total. The monoisotopic (exact) mass is 375 g/mol. The first-order chi connectivity index (χ1) is 13.6. The Morgan fingerprint density at radius 2 is 1.57 bits per heavy atom. The number of carbonyl (C=O) groups is 2. The second-order valence-electron chi connectivity index (χ2n) is 6.30. The van der Waals surface area contributed by atoms with Gasteiger partial charge >= 0.3 is 0 Å². The molecule has 0 atom stereocenters. The van der Waals surface area contributed by atoms with Crippen molar-refractivity contribution in [3.05, 3.63) is 89.8 Å². The lowest BCUT2D eigenvalue weighted by molar-refractivity contribution is 0.0791. The second kappa shape index (κ2) is 9.36. The van der Waals surface area contributed by atoms with Gasteiger partial charge in [-0.05, 0) is 53.9 Å². The molecule has 0 aromatic carbocycles. The second-order valence-corrected chi connectivity index (χ2v) is 6.30. The SMILES string of the molecule is CN(CCc1ccncc1)C(=O)c1cc(C(=O)NCc2ccncc2)ccn1. The van der Waals surface area contributed by atoms with Crippen molar-refractivity contribution < 1.29 is 9.59 Å². The van der Waals surface area contributed by atoms with Crippen molar-refractivity contribution in [2.24, 2.45) is 0 Å². The molecule has 3 heterocycles. The van der Waals surface area contributed by atoms with Crippen LogP contribution in [-0.4, -0.2) is 45.3 Å². The third-order valence-electron chi connectivity index (χ3n) is 4.28. The number of nitrogens with one attached hydrogen (secondary N) is 1. The van der Waals surface area contributed by atoms with E-state index >= 15 is 0 Å². The molecule has 0 bridgehead atoms. The molecule has 2 amide bonds. The number of rotatable bonds is 7. The van der Waals surface area contributed by atoms with Crippen LogP contribution in [-0.2, 0) is 13.0 Å². The summed E-state index contributed by atoms with van der Waals surface area (Å²) >= 11 is 0. The Labute approximate surface area is 163 Å². The molecule has 0 radical (unpaired) electrons. The highest BCUT2D eigenvalue weighted by Crippen LogP contribution is 2.07. The zero-order valence-electron chi connectivity index (χ0n) is 15.6. The Bertz CT molecular complexity index is 932. The molecule has 3 aromatic rings. The van der Waals surface area contributed by atoms with Gasteiger partial charge in [0, 0.05) is 56.7 Å². The number of amides is 2. The summed E-state index contributed by atoms with van der Waals surface area (Å²) in [5, 5.41) is 2.83. The van der Waals surface area contributed by atoms with Gasteiger partial charge in [-0.3, -0.25) is 24.5 Å². The minimum atomic E-state index is -0.257. The van der Waals surface area contributed by atoms with E-state index in [1.54, 1.807) is 42.8 Å². The lowest BCUT2D eigenvalue weighted by atomic mass is 10.1. The number of nitrogens with zero attached hydrogens (tertiary/aromatic N) is 4. The van der Waals surface area contributed by atoms with Crippen LogP contribution in [0.5, 0.6) is 0 Å². The average Bonchev–Trinajstić information content (AvgIpc) is 2.76. The van der Waals surface area contributed by atoms with Crippen molar-refractivity contribution in [2.75, 3.05) is 13.6 Å². The standard InChI is InChI=1S/C21H21N5O2/c1-26(13-7-16-2-8-22-9-3-16)21(28)19-14-18(6-12-24-19)20(27)25-15-17-4-10-23-11-5-17/h2-6,8-12,14H,7,13,15H2,1H3,(H,25,27). The van der Waals surface area contributed by atoms with E-state index in [0.29, 0.717) is 18.7 Å². The molecule has 0 saturated heterocycles. The van der Waals surface area contributed by atoms with Crippen LogP contribution in [0.4, 0.5) is 0 Å². The van der Waals surface area contributed by atoms with Gasteiger partial charge in [0.15, 0.2) is 0 Å². The van der Waals surface area contributed by atoms with Crippen LogP contribution < -0.4 is 5.32 Å². The fourth-order valence-corrected chi connectivity index (χ4v) is 2.62. The summed E-state index contributed by atoms with van der Waals surface area (Å²) in [6, 6.07) is 10.6. The molecule has 3 rings (SSSR count). The summed E-state index contributed by atoms with van der Waals surface area (Å²) in [5.74, 6) is -0.481. The number of hydrogen-bond acceptors (Lipinski definition) is 5. The lowest BCUT2D eigenvalue weighted by Gasteiger charge is -2.17. The van der Waals surface area contributed by atoms with Crippen LogP contribution in [0.1, 0.15) is 32.0 Å². The van der Waals surface area contributed by atoms with Crippen LogP contribution in [0, 0.1) is 0 Å². The molecule has 0 aliphatic rings.